The molecule has 1 heterocycles. The standard InChI is InChI=1S/C21H27N3O2/c25-20-17-11-12-18(22-14-13-15-7-3-1-4-8-15)19(17)23-21(26)24(20)16-9-5-2-6-10-16/h1,3-4,7-8,16,18,22H,2,5-6,9-14H2,(H,23,26). The highest BCUT2D eigenvalue weighted by Gasteiger charge is 2.29. The topological polar surface area (TPSA) is 66.9 Å². The summed E-state index contributed by atoms with van der Waals surface area (Å²) >= 11 is 0. The molecule has 4 rings (SSSR count). The van der Waals surface area contributed by atoms with Gasteiger partial charge in [0.25, 0.3) is 5.56 Å². The van der Waals surface area contributed by atoms with Gasteiger partial charge >= 0.3 is 5.69 Å². The maximum Gasteiger partial charge on any atom is 0.328 e. The highest BCUT2D eigenvalue weighted by atomic mass is 16.2. The summed E-state index contributed by atoms with van der Waals surface area (Å²) < 4.78 is 1.50. The Bertz CT molecular complexity index is 863. The summed E-state index contributed by atoms with van der Waals surface area (Å²) in [5.74, 6) is 0. The van der Waals surface area contributed by atoms with Crippen molar-refractivity contribution in [3.8, 4) is 0 Å². The van der Waals surface area contributed by atoms with Crippen molar-refractivity contribution in [1.82, 2.24) is 14.9 Å². The number of aromatic amines is 1. The van der Waals surface area contributed by atoms with Crippen molar-refractivity contribution in [3.63, 3.8) is 0 Å². The van der Waals surface area contributed by atoms with E-state index in [2.05, 4.69) is 22.4 Å². The van der Waals surface area contributed by atoms with E-state index in [1.807, 2.05) is 18.2 Å². The Labute approximate surface area is 153 Å². The summed E-state index contributed by atoms with van der Waals surface area (Å²) in [5.41, 5.74) is 2.65. The SMILES string of the molecule is O=c1[nH]c2c(c(=O)n1C1CCCCC1)CCC2NCCc1ccccc1. The van der Waals surface area contributed by atoms with E-state index in [0.717, 1.165) is 62.7 Å². The number of nitrogens with one attached hydrogen (secondary N) is 2. The van der Waals surface area contributed by atoms with E-state index in [-0.39, 0.29) is 23.3 Å². The van der Waals surface area contributed by atoms with Gasteiger partial charge in [-0.3, -0.25) is 9.36 Å². The molecule has 0 radical (unpaired) electrons. The Morgan fingerprint density at radius 1 is 1.04 bits per heavy atom. The zero-order chi connectivity index (χ0) is 17.9. The molecule has 2 N–H and O–H groups in total. The second-order valence-electron chi connectivity index (χ2n) is 7.57. The molecule has 2 aliphatic rings. The van der Waals surface area contributed by atoms with Crippen LogP contribution in [0.2, 0.25) is 0 Å². The van der Waals surface area contributed by atoms with Gasteiger partial charge in [0.1, 0.15) is 0 Å². The summed E-state index contributed by atoms with van der Waals surface area (Å²) in [6.45, 7) is 0.835. The lowest BCUT2D eigenvalue weighted by molar-refractivity contribution is 0.334. The minimum Gasteiger partial charge on any atom is -0.309 e. The maximum atomic E-state index is 12.9. The number of rotatable bonds is 5. The summed E-state index contributed by atoms with van der Waals surface area (Å²) in [6, 6.07) is 10.5. The predicted molar refractivity (Wildman–Crippen MR) is 103 cm³/mol. The first-order valence-corrected chi connectivity index (χ1v) is 9.89. The van der Waals surface area contributed by atoms with Crippen LogP contribution < -0.4 is 16.6 Å². The summed E-state index contributed by atoms with van der Waals surface area (Å²) in [6.07, 6.45) is 7.89. The minimum atomic E-state index is -0.225. The monoisotopic (exact) mass is 353 g/mol. The lowest BCUT2D eigenvalue weighted by atomic mass is 9.95. The number of nitrogens with zero attached hydrogens (tertiary/aromatic N) is 1. The third-order valence-corrected chi connectivity index (χ3v) is 5.88. The molecule has 1 fully saturated rings. The number of hydrogen-bond donors (Lipinski definition) is 2. The fraction of sp³-hybridized carbons (Fsp3) is 0.524. The molecule has 1 atom stereocenters. The van der Waals surface area contributed by atoms with E-state index < -0.39 is 0 Å². The molecular formula is C21H27N3O2. The maximum absolute atomic E-state index is 12.9. The van der Waals surface area contributed by atoms with E-state index in [1.165, 1.54) is 16.6 Å². The van der Waals surface area contributed by atoms with Gasteiger partial charge in [-0.2, -0.15) is 0 Å². The average molecular weight is 353 g/mol. The molecule has 0 aliphatic heterocycles. The highest BCUT2D eigenvalue weighted by molar-refractivity contribution is 5.26. The Morgan fingerprint density at radius 3 is 2.58 bits per heavy atom. The molecule has 1 unspecified atom stereocenters. The van der Waals surface area contributed by atoms with Crippen molar-refractivity contribution < 1.29 is 0 Å². The second-order valence-corrected chi connectivity index (χ2v) is 7.57. The van der Waals surface area contributed by atoms with E-state index >= 15 is 0 Å². The Morgan fingerprint density at radius 2 is 1.81 bits per heavy atom. The van der Waals surface area contributed by atoms with Gasteiger partial charge < -0.3 is 10.3 Å². The Kier molecular flexibility index (Phi) is 5.07. The van der Waals surface area contributed by atoms with E-state index in [1.54, 1.807) is 0 Å². The molecule has 5 nitrogen and oxygen atoms in total. The first-order valence-electron chi connectivity index (χ1n) is 9.89. The van der Waals surface area contributed by atoms with E-state index in [9.17, 15) is 9.59 Å². The minimum absolute atomic E-state index is 0.0528. The van der Waals surface area contributed by atoms with Crippen LogP contribution in [-0.2, 0) is 12.8 Å². The molecule has 1 aromatic carbocycles. The van der Waals surface area contributed by atoms with Gasteiger partial charge in [-0.15, -0.1) is 0 Å². The molecule has 1 aromatic heterocycles. The van der Waals surface area contributed by atoms with Crippen molar-refractivity contribution >= 4 is 0 Å². The molecule has 2 aromatic rings. The lowest BCUT2D eigenvalue weighted by Crippen LogP contribution is -2.41. The second kappa shape index (κ2) is 7.62. The number of aromatic nitrogens is 2. The Balaban J connectivity index is 1.50. The Hall–Kier alpha value is -2.14. The molecule has 26 heavy (non-hydrogen) atoms. The molecular weight excluding hydrogens is 326 g/mol. The van der Waals surface area contributed by atoms with Crippen LogP contribution >= 0.6 is 0 Å². The normalized spacial score (nSPS) is 20.2. The van der Waals surface area contributed by atoms with Crippen LogP contribution in [0.25, 0.3) is 0 Å². The quantitative estimate of drug-likeness (QED) is 0.869. The van der Waals surface area contributed by atoms with Crippen LogP contribution in [0.1, 0.15) is 67.4 Å². The van der Waals surface area contributed by atoms with Crippen LogP contribution in [0.5, 0.6) is 0 Å². The fourth-order valence-electron chi connectivity index (χ4n) is 4.49. The number of H-pyrrole nitrogens is 1. The van der Waals surface area contributed by atoms with E-state index in [0.29, 0.717) is 0 Å². The first-order chi connectivity index (χ1) is 12.7. The first kappa shape index (κ1) is 17.3. The molecule has 0 amide bonds. The number of fused-ring (bicyclic) bond motifs is 1. The van der Waals surface area contributed by atoms with Crippen molar-refractivity contribution in [1.29, 1.82) is 0 Å². The van der Waals surface area contributed by atoms with Gasteiger partial charge in [0.05, 0.1) is 0 Å². The molecule has 1 saturated carbocycles. The van der Waals surface area contributed by atoms with Gasteiger partial charge in [-0.25, -0.2) is 4.79 Å². The predicted octanol–water partition coefficient (Wildman–Crippen LogP) is 2.86. The third kappa shape index (κ3) is 3.40. The average Bonchev–Trinajstić information content (AvgIpc) is 3.07. The smallest absolute Gasteiger partial charge is 0.309 e. The third-order valence-electron chi connectivity index (χ3n) is 5.88. The number of benzene rings is 1. The fourth-order valence-corrected chi connectivity index (χ4v) is 4.49. The molecule has 0 spiro atoms. The van der Waals surface area contributed by atoms with Crippen molar-refractivity contribution in [2.24, 2.45) is 0 Å². The van der Waals surface area contributed by atoms with Crippen LogP contribution in [0.15, 0.2) is 39.9 Å². The van der Waals surface area contributed by atoms with Crippen LogP contribution in [0.3, 0.4) is 0 Å². The summed E-state index contributed by atoms with van der Waals surface area (Å²) in [4.78, 5) is 28.6. The van der Waals surface area contributed by atoms with Gasteiger partial charge in [0.2, 0.25) is 0 Å². The zero-order valence-electron chi connectivity index (χ0n) is 15.2. The molecule has 0 saturated heterocycles. The van der Waals surface area contributed by atoms with Crippen LogP contribution in [0, 0.1) is 0 Å². The van der Waals surface area contributed by atoms with Gasteiger partial charge in [0, 0.05) is 23.3 Å². The highest BCUT2D eigenvalue weighted by Crippen LogP contribution is 2.29. The van der Waals surface area contributed by atoms with Crippen molar-refractivity contribution in [2.75, 3.05) is 6.54 Å². The summed E-state index contributed by atoms with van der Waals surface area (Å²) in [7, 11) is 0. The number of hydrogen-bond acceptors (Lipinski definition) is 3. The van der Waals surface area contributed by atoms with Crippen LogP contribution in [-0.4, -0.2) is 16.1 Å². The van der Waals surface area contributed by atoms with Crippen molar-refractivity contribution in [2.45, 2.75) is 63.5 Å². The van der Waals surface area contributed by atoms with Gasteiger partial charge in [-0.05, 0) is 44.2 Å². The molecule has 2 aliphatic carbocycles. The molecule has 138 valence electrons. The summed E-state index contributed by atoms with van der Waals surface area (Å²) in [5, 5.41) is 3.52. The van der Waals surface area contributed by atoms with Crippen LogP contribution in [0.4, 0.5) is 0 Å². The van der Waals surface area contributed by atoms with Gasteiger partial charge in [-0.1, -0.05) is 49.6 Å². The molecule has 5 heteroatoms. The largest absolute Gasteiger partial charge is 0.328 e. The molecule has 0 bridgehead atoms. The zero-order valence-corrected chi connectivity index (χ0v) is 15.2. The van der Waals surface area contributed by atoms with E-state index in [4.69, 9.17) is 0 Å². The van der Waals surface area contributed by atoms with Crippen molar-refractivity contribution in [3.05, 3.63) is 68.0 Å². The van der Waals surface area contributed by atoms with Gasteiger partial charge in [0.15, 0.2) is 0 Å². The lowest BCUT2D eigenvalue weighted by Gasteiger charge is -2.23.